The fraction of sp³-hybridized carbons (Fsp3) is 0.400. The molecule has 0 unspecified atom stereocenters. The van der Waals surface area contributed by atoms with Crippen LogP contribution in [-0.2, 0) is 13.2 Å². The second-order valence-electron chi connectivity index (χ2n) is 4.83. The number of pyridine rings is 1. The molecule has 0 radical (unpaired) electrons. The first kappa shape index (κ1) is 13.6. The van der Waals surface area contributed by atoms with Gasteiger partial charge in [0.2, 0.25) is 0 Å². The second kappa shape index (κ2) is 6.38. The van der Waals surface area contributed by atoms with Gasteiger partial charge in [-0.25, -0.2) is 0 Å². The third-order valence-electron chi connectivity index (χ3n) is 2.75. The minimum absolute atomic E-state index is 0.425. The highest BCUT2D eigenvalue weighted by Gasteiger charge is 2.05. The summed E-state index contributed by atoms with van der Waals surface area (Å²) in [5, 5.41) is 3.35. The molecule has 4 heteroatoms. The van der Waals surface area contributed by atoms with Crippen LogP contribution in [0.2, 0.25) is 0 Å². The molecule has 0 aliphatic carbocycles. The van der Waals surface area contributed by atoms with Crippen LogP contribution in [0.15, 0.2) is 35.1 Å². The Kier molecular flexibility index (Phi) is 4.58. The number of hydrogen-bond donors (Lipinski definition) is 1. The van der Waals surface area contributed by atoms with E-state index in [0.29, 0.717) is 12.6 Å². The Morgan fingerprint density at radius 2 is 2.26 bits per heavy atom. The molecule has 0 spiro atoms. The van der Waals surface area contributed by atoms with Crippen LogP contribution in [0.5, 0.6) is 5.75 Å². The van der Waals surface area contributed by atoms with Crippen molar-refractivity contribution in [3.63, 3.8) is 0 Å². The Hall–Kier alpha value is -1.81. The lowest BCUT2D eigenvalue weighted by Gasteiger charge is -2.06. The molecule has 4 nitrogen and oxygen atoms in total. The molecule has 102 valence electrons. The number of aromatic nitrogens is 1. The third kappa shape index (κ3) is 4.10. The van der Waals surface area contributed by atoms with Gasteiger partial charge in [0, 0.05) is 24.3 Å². The third-order valence-corrected chi connectivity index (χ3v) is 2.75. The van der Waals surface area contributed by atoms with E-state index in [-0.39, 0.29) is 0 Å². The zero-order valence-corrected chi connectivity index (χ0v) is 11.6. The lowest BCUT2D eigenvalue weighted by Crippen LogP contribution is -2.21. The van der Waals surface area contributed by atoms with Crippen molar-refractivity contribution in [2.45, 2.75) is 40.0 Å². The smallest absolute Gasteiger partial charge is 0.146 e. The molecular weight excluding hydrogens is 240 g/mol. The summed E-state index contributed by atoms with van der Waals surface area (Å²) in [6, 6.07) is 6.25. The van der Waals surface area contributed by atoms with Gasteiger partial charge in [0.15, 0.2) is 0 Å². The highest BCUT2D eigenvalue weighted by molar-refractivity contribution is 5.25. The molecule has 0 saturated carbocycles. The second-order valence-corrected chi connectivity index (χ2v) is 4.83. The predicted octanol–water partition coefficient (Wildman–Crippen LogP) is 3.06. The van der Waals surface area contributed by atoms with Crippen molar-refractivity contribution in [3.05, 3.63) is 47.7 Å². The molecule has 2 aromatic rings. The molecule has 0 aliphatic rings. The van der Waals surface area contributed by atoms with Gasteiger partial charge in [-0.1, -0.05) is 13.8 Å². The van der Waals surface area contributed by atoms with Crippen molar-refractivity contribution >= 4 is 0 Å². The lowest BCUT2D eigenvalue weighted by atomic mass is 10.3. The number of aryl methyl sites for hydroxylation is 1. The maximum absolute atomic E-state index is 5.69. The monoisotopic (exact) mass is 260 g/mol. The van der Waals surface area contributed by atoms with E-state index in [0.717, 1.165) is 29.3 Å². The van der Waals surface area contributed by atoms with E-state index in [2.05, 4.69) is 24.1 Å². The van der Waals surface area contributed by atoms with Gasteiger partial charge in [0.05, 0.1) is 12.0 Å². The van der Waals surface area contributed by atoms with Crippen LogP contribution in [0.4, 0.5) is 0 Å². The molecule has 19 heavy (non-hydrogen) atoms. The number of rotatable bonds is 6. The van der Waals surface area contributed by atoms with Gasteiger partial charge in [-0.15, -0.1) is 0 Å². The first-order valence-corrected chi connectivity index (χ1v) is 6.49. The summed E-state index contributed by atoms with van der Waals surface area (Å²) in [5.41, 5.74) is 2.02. The summed E-state index contributed by atoms with van der Waals surface area (Å²) in [4.78, 5) is 4.18. The molecule has 0 atom stereocenters. The van der Waals surface area contributed by atoms with E-state index in [1.165, 1.54) is 0 Å². The summed E-state index contributed by atoms with van der Waals surface area (Å²) < 4.78 is 11.2. The van der Waals surface area contributed by atoms with E-state index in [1.54, 1.807) is 12.5 Å². The lowest BCUT2D eigenvalue weighted by molar-refractivity contribution is 0.267. The highest BCUT2D eigenvalue weighted by Crippen LogP contribution is 2.16. The van der Waals surface area contributed by atoms with Gasteiger partial charge < -0.3 is 14.5 Å². The maximum atomic E-state index is 5.69. The van der Waals surface area contributed by atoms with Gasteiger partial charge in [-0.3, -0.25) is 4.98 Å². The van der Waals surface area contributed by atoms with Gasteiger partial charge in [0.1, 0.15) is 18.1 Å². The van der Waals surface area contributed by atoms with Crippen molar-refractivity contribution in [1.29, 1.82) is 0 Å². The molecule has 1 N–H and O–H groups in total. The molecule has 0 aliphatic heterocycles. The van der Waals surface area contributed by atoms with Gasteiger partial charge >= 0.3 is 0 Å². The molecule has 0 bridgehead atoms. The van der Waals surface area contributed by atoms with Gasteiger partial charge in [-0.05, 0) is 25.1 Å². The van der Waals surface area contributed by atoms with E-state index in [9.17, 15) is 0 Å². The average Bonchev–Trinajstić information content (AvgIpc) is 2.83. The topological polar surface area (TPSA) is 47.3 Å². The molecule has 0 amide bonds. The van der Waals surface area contributed by atoms with E-state index >= 15 is 0 Å². The maximum Gasteiger partial charge on any atom is 0.146 e. The number of ether oxygens (including phenoxy) is 1. The number of nitrogens with one attached hydrogen (secondary N) is 1. The van der Waals surface area contributed by atoms with Crippen molar-refractivity contribution in [3.8, 4) is 5.75 Å². The van der Waals surface area contributed by atoms with Crippen LogP contribution in [-0.4, -0.2) is 11.0 Å². The van der Waals surface area contributed by atoms with Crippen LogP contribution >= 0.6 is 0 Å². The standard InChI is InChI=1S/C15H20N2O2/c1-11(2)17-8-13-7-14(18-9-13)10-19-15-5-4-6-16-12(15)3/h4-7,9,11,17H,8,10H2,1-3H3. The summed E-state index contributed by atoms with van der Waals surface area (Å²) in [6.45, 7) is 7.40. The largest absolute Gasteiger partial charge is 0.484 e. The Labute approximate surface area is 113 Å². The van der Waals surface area contributed by atoms with Crippen LogP contribution in [0.3, 0.4) is 0 Å². The van der Waals surface area contributed by atoms with Crippen LogP contribution < -0.4 is 10.1 Å². The van der Waals surface area contributed by atoms with Crippen LogP contribution in [0.1, 0.15) is 30.9 Å². The summed E-state index contributed by atoms with van der Waals surface area (Å²) >= 11 is 0. The van der Waals surface area contributed by atoms with Crippen molar-refractivity contribution in [1.82, 2.24) is 10.3 Å². The van der Waals surface area contributed by atoms with Crippen LogP contribution in [0.25, 0.3) is 0 Å². The molecule has 0 aromatic carbocycles. The summed E-state index contributed by atoms with van der Waals surface area (Å²) in [5.74, 6) is 1.62. The summed E-state index contributed by atoms with van der Waals surface area (Å²) in [6.07, 6.45) is 3.52. The summed E-state index contributed by atoms with van der Waals surface area (Å²) in [7, 11) is 0. The normalized spacial score (nSPS) is 10.9. The fourth-order valence-electron chi connectivity index (χ4n) is 1.69. The minimum Gasteiger partial charge on any atom is -0.484 e. The average molecular weight is 260 g/mol. The van der Waals surface area contributed by atoms with Gasteiger partial charge in [-0.2, -0.15) is 0 Å². The molecular formula is C15H20N2O2. The number of hydrogen-bond acceptors (Lipinski definition) is 4. The molecule has 2 rings (SSSR count). The SMILES string of the molecule is Cc1ncccc1OCc1cc(CNC(C)C)co1. The van der Waals surface area contributed by atoms with Gasteiger partial charge in [0.25, 0.3) is 0 Å². The molecule has 2 aromatic heterocycles. The van der Waals surface area contributed by atoms with E-state index in [1.807, 2.05) is 25.1 Å². The first-order chi connectivity index (χ1) is 9.15. The van der Waals surface area contributed by atoms with Crippen LogP contribution in [0, 0.1) is 6.92 Å². The van der Waals surface area contributed by atoms with Crippen molar-refractivity contribution in [2.24, 2.45) is 0 Å². The van der Waals surface area contributed by atoms with Crippen molar-refractivity contribution in [2.75, 3.05) is 0 Å². The zero-order chi connectivity index (χ0) is 13.7. The Bertz CT molecular complexity index is 520. The highest BCUT2D eigenvalue weighted by atomic mass is 16.5. The quantitative estimate of drug-likeness (QED) is 0.867. The molecule has 2 heterocycles. The Morgan fingerprint density at radius 3 is 3.00 bits per heavy atom. The fourth-order valence-corrected chi connectivity index (χ4v) is 1.69. The Balaban J connectivity index is 1.88. The van der Waals surface area contributed by atoms with E-state index in [4.69, 9.17) is 9.15 Å². The molecule has 0 saturated heterocycles. The van der Waals surface area contributed by atoms with Crippen molar-refractivity contribution < 1.29 is 9.15 Å². The first-order valence-electron chi connectivity index (χ1n) is 6.49. The molecule has 0 fully saturated rings. The number of furan rings is 1. The zero-order valence-electron chi connectivity index (χ0n) is 11.6. The predicted molar refractivity (Wildman–Crippen MR) is 74.0 cm³/mol. The number of nitrogens with zero attached hydrogens (tertiary/aromatic N) is 1. The Morgan fingerprint density at radius 1 is 1.42 bits per heavy atom. The van der Waals surface area contributed by atoms with E-state index < -0.39 is 0 Å². The minimum atomic E-state index is 0.425.